The Morgan fingerprint density at radius 3 is 3.00 bits per heavy atom. The SMILES string of the molecule is O=C1CN2c3c(cccc3[C@@H]3CN(CCCOc4cccc(F)c4)CC[C@@H]32)N1. The molecule has 0 radical (unpaired) electrons. The lowest BCUT2D eigenvalue weighted by molar-refractivity contribution is -0.115. The number of benzene rings is 2. The van der Waals surface area contributed by atoms with E-state index in [2.05, 4.69) is 21.2 Å². The molecule has 0 aromatic heterocycles. The average Bonchev–Trinajstić information content (AvgIpc) is 3.00. The van der Waals surface area contributed by atoms with Crippen molar-refractivity contribution in [3.63, 3.8) is 0 Å². The molecule has 2 aromatic rings. The van der Waals surface area contributed by atoms with E-state index in [4.69, 9.17) is 4.74 Å². The molecule has 5 rings (SSSR count). The van der Waals surface area contributed by atoms with E-state index in [-0.39, 0.29) is 11.7 Å². The Bertz CT molecular complexity index is 903. The maximum atomic E-state index is 13.2. The van der Waals surface area contributed by atoms with Crippen LogP contribution in [-0.2, 0) is 4.79 Å². The second kappa shape index (κ2) is 7.09. The Balaban J connectivity index is 1.21. The Kier molecular flexibility index (Phi) is 4.43. The first-order valence-corrected chi connectivity index (χ1v) is 9.99. The van der Waals surface area contributed by atoms with Crippen molar-refractivity contribution in [1.29, 1.82) is 0 Å². The van der Waals surface area contributed by atoms with Crippen molar-refractivity contribution in [3.8, 4) is 5.75 Å². The lowest BCUT2D eigenvalue weighted by Crippen LogP contribution is -2.49. The van der Waals surface area contributed by atoms with Crippen LogP contribution in [0.5, 0.6) is 5.75 Å². The molecule has 0 spiro atoms. The predicted octanol–water partition coefficient (Wildman–Crippen LogP) is 3.22. The Hall–Kier alpha value is -2.60. The molecule has 5 nitrogen and oxygen atoms in total. The monoisotopic (exact) mass is 381 g/mol. The van der Waals surface area contributed by atoms with Crippen molar-refractivity contribution in [2.75, 3.05) is 43.0 Å². The zero-order chi connectivity index (χ0) is 19.1. The van der Waals surface area contributed by atoms with Crippen molar-refractivity contribution < 1.29 is 13.9 Å². The maximum Gasteiger partial charge on any atom is 0.243 e. The van der Waals surface area contributed by atoms with Gasteiger partial charge < -0.3 is 19.9 Å². The molecule has 3 aliphatic rings. The van der Waals surface area contributed by atoms with E-state index in [9.17, 15) is 9.18 Å². The highest BCUT2D eigenvalue weighted by Crippen LogP contribution is 2.49. The topological polar surface area (TPSA) is 44.8 Å². The lowest BCUT2D eigenvalue weighted by atomic mass is 9.89. The summed E-state index contributed by atoms with van der Waals surface area (Å²) in [6, 6.07) is 13.0. The number of carbonyl (C=O) groups excluding carboxylic acids is 1. The molecular formula is C22H24FN3O2. The van der Waals surface area contributed by atoms with Crippen LogP contribution in [0.4, 0.5) is 15.8 Å². The second-order valence-electron chi connectivity index (χ2n) is 7.84. The number of piperidine rings is 1. The van der Waals surface area contributed by atoms with E-state index in [1.54, 1.807) is 12.1 Å². The first-order chi connectivity index (χ1) is 13.7. The quantitative estimate of drug-likeness (QED) is 0.808. The number of likely N-dealkylation sites (tertiary alicyclic amines) is 1. The van der Waals surface area contributed by atoms with Crippen molar-refractivity contribution in [2.45, 2.75) is 24.8 Å². The van der Waals surface area contributed by atoms with Crippen LogP contribution in [0.15, 0.2) is 42.5 Å². The Labute approximate surface area is 164 Å². The molecule has 2 atom stereocenters. The fourth-order valence-corrected chi connectivity index (χ4v) is 4.91. The van der Waals surface area contributed by atoms with Gasteiger partial charge >= 0.3 is 0 Å². The smallest absolute Gasteiger partial charge is 0.243 e. The molecule has 0 bridgehead atoms. The first kappa shape index (κ1) is 17.5. The number of anilines is 2. The van der Waals surface area contributed by atoms with Crippen LogP contribution >= 0.6 is 0 Å². The number of amides is 1. The number of ether oxygens (including phenoxy) is 1. The van der Waals surface area contributed by atoms with Gasteiger partial charge in [-0.05, 0) is 36.6 Å². The van der Waals surface area contributed by atoms with Crippen LogP contribution in [0.2, 0.25) is 0 Å². The summed E-state index contributed by atoms with van der Waals surface area (Å²) < 4.78 is 18.9. The number of nitrogens with zero attached hydrogens (tertiary/aromatic N) is 2. The highest BCUT2D eigenvalue weighted by Gasteiger charge is 2.44. The summed E-state index contributed by atoms with van der Waals surface area (Å²) in [4.78, 5) is 16.9. The van der Waals surface area contributed by atoms with E-state index in [1.165, 1.54) is 23.4 Å². The molecule has 146 valence electrons. The molecule has 1 N–H and O–H groups in total. The zero-order valence-electron chi connectivity index (χ0n) is 15.7. The summed E-state index contributed by atoms with van der Waals surface area (Å²) in [5.41, 5.74) is 3.55. The molecule has 1 saturated heterocycles. The van der Waals surface area contributed by atoms with Crippen molar-refractivity contribution in [3.05, 3.63) is 53.8 Å². The largest absolute Gasteiger partial charge is 0.493 e. The van der Waals surface area contributed by atoms with Gasteiger partial charge in [0.15, 0.2) is 0 Å². The predicted molar refractivity (Wildman–Crippen MR) is 107 cm³/mol. The second-order valence-corrected chi connectivity index (χ2v) is 7.84. The minimum Gasteiger partial charge on any atom is -0.493 e. The lowest BCUT2D eigenvalue weighted by Gasteiger charge is -2.39. The first-order valence-electron chi connectivity index (χ1n) is 9.99. The van der Waals surface area contributed by atoms with E-state index < -0.39 is 0 Å². The fourth-order valence-electron chi connectivity index (χ4n) is 4.91. The van der Waals surface area contributed by atoms with E-state index >= 15 is 0 Å². The van der Waals surface area contributed by atoms with Crippen LogP contribution in [0.1, 0.15) is 24.3 Å². The zero-order valence-corrected chi connectivity index (χ0v) is 15.7. The van der Waals surface area contributed by atoms with Gasteiger partial charge in [-0.25, -0.2) is 4.39 Å². The summed E-state index contributed by atoms with van der Waals surface area (Å²) in [6.45, 7) is 4.05. The van der Waals surface area contributed by atoms with Gasteiger partial charge in [0.25, 0.3) is 0 Å². The van der Waals surface area contributed by atoms with Crippen LogP contribution < -0.4 is 15.0 Å². The van der Waals surface area contributed by atoms with Crippen molar-refractivity contribution >= 4 is 17.3 Å². The summed E-state index contributed by atoms with van der Waals surface area (Å²) in [5, 5.41) is 3.02. The van der Waals surface area contributed by atoms with Crippen LogP contribution in [-0.4, -0.2) is 49.6 Å². The van der Waals surface area contributed by atoms with Crippen LogP contribution in [0, 0.1) is 5.82 Å². The molecule has 0 unspecified atom stereocenters. The Morgan fingerprint density at radius 2 is 2.11 bits per heavy atom. The summed E-state index contributed by atoms with van der Waals surface area (Å²) in [6.07, 6.45) is 1.97. The third kappa shape index (κ3) is 3.11. The number of halogens is 1. The van der Waals surface area contributed by atoms with Gasteiger partial charge in [-0.15, -0.1) is 0 Å². The number of carbonyl (C=O) groups is 1. The third-order valence-electron chi connectivity index (χ3n) is 6.09. The van der Waals surface area contributed by atoms with E-state index in [1.807, 2.05) is 12.1 Å². The van der Waals surface area contributed by atoms with Gasteiger partial charge in [-0.2, -0.15) is 0 Å². The van der Waals surface area contributed by atoms with Gasteiger partial charge in [0.1, 0.15) is 11.6 Å². The summed E-state index contributed by atoms with van der Waals surface area (Å²) in [7, 11) is 0. The highest BCUT2D eigenvalue weighted by molar-refractivity contribution is 6.03. The third-order valence-corrected chi connectivity index (χ3v) is 6.09. The number of fused-ring (bicyclic) bond motifs is 3. The molecule has 3 aliphatic heterocycles. The van der Waals surface area contributed by atoms with Gasteiger partial charge in [-0.1, -0.05) is 18.2 Å². The van der Waals surface area contributed by atoms with Gasteiger partial charge in [0.05, 0.1) is 24.5 Å². The van der Waals surface area contributed by atoms with Gasteiger partial charge in [0, 0.05) is 37.7 Å². The highest BCUT2D eigenvalue weighted by atomic mass is 19.1. The normalized spacial score (nSPS) is 23.2. The average molecular weight is 381 g/mol. The van der Waals surface area contributed by atoms with Gasteiger partial charge in [0.2, 0.25) is 5.91 Å². The van der Waals surface area contributed by atoms with E-state index in [0.717, 1.165) is 38.2 Å². The number of rotatable bonds is 5. The molecule has 3 heterocycles. The number of nitrogens with one attached hydrogen (secondary N) is 1. The van der Waals surface area contributed by atoms with Crippen LogP contribution in [0.3, 0.4) is 0 Å². The van der Waals surface area contributed by atoms with Crippen molar-refractivity contribution in [1.82, 2.24) is 4.90 Å². The molecule has 2 aromatic carbocycles. The molecule has 0 saturated carbocycles. The Morgan fingerprint density at radius 1 is 1.21 bits per heavy atom. The van der Waals surface area contributed by atoms with Crippen molar-refractivity contribution in [2.24, 2.45) is 0 Å². The van der Waals surface area contributed by atoms with Gasteiger partial charge in [-0.3, -0.25) is 4.79 Å². The molecule has 28 heavy (non-hydrogen) atoms. The number of hydrogen-bond acceptors (Lipinski definition) is 4. The molecular weight excluding hydrogens is 357 g/mol. The molecule has 6 heteroatoms. The molecule has 1 fully saturated rings. The number of para-hydroxylation sites is 1. The molecule has 0 aliphatic carbocycles. The summed E-state index contributed by atoms with van der Waals surface area (Å²) in [5.74, 6) is 0.846. The minimum absolute atomic E-state index is 0.0854. The standard InChI is InChI=1S/C22H24FN3O2/c23-15-4-1-5-16(12-15)28-11-3-9-25-10-8-20-18(13-25)17-6-2-7-19-22(17)26(20)14-21(27)24-19/h1-2,4-7,12,18,20H,3,8-11,13-14H2,(H,24,27)/t18-,20-/m0/s1. The molecule has 1 amide bonds. The minimum atomic E-state index is -0.270. The number of hydrogen-bond donors (Lipinski definition) is 1. The van der Waals surface area contributed by atoms with E-state index in [0.29, 0.717) is 30.9 Å². The summed E-state index contributed by atoms with van der Waals surface area (Å²) >= 11 is 0. The fraction of sp³-hybridized carbons (Fsp3) is 0.409. The van der Waals surface area contributed by atoms with Crippen LogP contribution in [0.25, 0.3) is 0 Å². The maximum absolute atomic E-state index is 13.2.